The maximum atomic E-state index is 6.82. The second-order valence-electron chi connectivity index (χ2n) is 8.84. The van der Waals surface area contributed by atoms with Gasteiger partial charge in [0.05, 0.1) is 5.69 Å². The molecule has 0 radical (unpaired) electrons. The summed E-state index contributed by atoms with van der Waals surface area (Å²) in [5, 5.41) is 2.12. The number of fused-ring (bicyclic) bond motifs is 2. The van der Waals surface area contributed by atoms with Crippen LogP contribution < -0.4 is 14.2 Å². The molecule has 0 atom stereocenters. The van der Waals surface area contributed by atoms with Crippen molar-refractivity contribution in [1.82, 2.24) is 0 Å². The first-order valence-electron chi connectivity index (χ1n) is 12.0. The van der Waals surface area contributed by atoms with E-state index in [0.29, 0.717) is 0 Å². The molecule has 0 unspecified atom stereocenters. The normalized spacial score (nSPS) is 18.2. The first-order valence-corrected chi connectivity index (χ1v) is 13.1. The lowest BCUT2D eigenvalue weighted by molar-refractivity contribution is -0.665. The van der Waals surface area contributed by atoms with Gasteiger partial charge in [0.1, 0.15) is 11.2 Å². The van der Waals surface area contributed by atoms with E-state index >= 15 is 0 Å². The van der Waals surface area contributed by atoms with E-state index in [-0.39, 0.29) is 0 Å². The lowest BCUT2D eigenvalue weighted by atomic mass is 10.2. The fraction of sp³-hybridized carbons (Fsp3) is 0.276. The van der Waals surface area contributed by atoms with E-state index < -0.39 is 0 Å². The van der Waals surface area contributed by atoms with Crippen LogP contribution in [0.2, 0.25) is 0 Å². The number of aromatic nitrogens is 1. The van der Waals surface area contributed by atoms with Crippen LogP contribution in [0.1, 0.15) is 42.8 Å². The van der Waals surface area contributed by atoms with Crippen LogP contribution >= 0.6 is 22.9 Å². The highest BCUT2D eigenvalue weighted by Crippen LogP contribution is 2.40. The fourth-order valence-corrected chi connectivity index (χ4v) is 6.10. The largest absolute Gasteiger partial charge is 0.439 e. The van der Waals surface area contributed by atoms with E-state index in [4.69, 9.17) is 16.3 Å². The first-order chi connectivity index (χ1) is 16.5. The third kappa shape index (κ3) is 4.21. The molecule has 1 aromatic heterocycles. The molecule has 0 saturated carbocycles. The zero-order chi connectivity index (χ0) is 23.8. The van der Waals surface area contributed by atoms with Gasteiger partial charge in [-0.15, -0.1) is 0 Å². The predicted molar refractivity (Wildman–Crippen MR) is 145 cm³/mol. The molecule has 0 bridgehead atoms. The van der Waals surface area contributed by atoms with Crippen molar-refractivity contribution in [3.05, 3.63) is 92.8 Å². The maximum absolute atomic E-state index is 6.82. The minimum Gasteiger partial charge on any atom is -0.439 e. The van der Waals surface area contributed by atoms with Crippen molar-refractivity contribution in [1.29, 1.82) is 0 Å². The number of rotatable bonds is 5. The standard InChI is InChI=1S/C29H30ClN2OS/c1-5-31-23-17-19(3)7-13-25(23)33-27(31)15-11-21-9-10-22(29(21)30)12-16-28-32(6-2)24-18-20(4)8-14-26(24)34-28/h7-8,11-18H,5-6,9-10H2,1-4H3/q+1. The van der Waals surface area contributed by atoms with E-state index in [1.165, 1.54) is 31.9 Å². The average molecular weight is 490 g/mol. The van der Waals surface area contributed by atoms with Crippen LogP contribution in [0.25, 0.3) is 16.3 Å². The van der Waals surface area contributed by atoms with Crippen molar-refractivity contribution in [2.24, 2.45) is 0 Å². The number of nitrogens with zero attached hydrogens (tertiary/aromatic N) is 2. The summed E-state index contributed by atoms with van der Waals surface area (Å²) >= 11 is 8.65. The van der Waals surface area contributed by atoms with Crippen LogP contribution in [0.5, 0.6) is 5.75 Å². The molecule has 2 aliphatic rings. The number of benzene rings is 2. The Bertz CT molecular complexity index is 1390. The zero-order valence-electron chi connectivity index (χ0n) is 20.2. The van der Waals surface area contributed by atoms with Crippen LogP contribution in [0.4, 0.5) is 5.69 Å². The van der Waals surface area contributed by atoms with E-state index in [9.17, 15) is 0 Å². The van der Waals surface area contributed by atoms with Crippen LogP contribution in [-0.2, 0) is 6.54 Å². The molecule has 0 spiro atoms. The Morgan fingerprint density at radius 3 is 2.62 bits per heavy atom. The molecule has 1 aliphatic heterocycles. The second-order valence-corrected chi connectivity index (χ2v) is 10.3. The van der Waals surface area contributed by atoms with Gasteiger partial charge in [0.25, 0.3) is 5.01 Å². The van der Waals surface area contributed by atoms with Gasteiger partial charge < -0.3 is 9.64 Å². The molecule has 3 nitrogen and oxygen atoms in total. The molecule has 0 fully saturated rings. The molecule has 34 heavy (non-hydrogen) atoms. The molecule has 5 rings (SSSR count). The minimum absolute atomic E-state index is 0.855. The zero-order valence-corrected chi connectivity index (χ0v) is 21.8. The van der Waals surface area contributed by atoms with E-state index in [2.05, 4.69) is 91.8 Å². The molecule has 1 aliphatic carbocycles. The molecule has 5 heteroatoms. The number of allylic oxidation sites excluding steroid dienone is 6. The van der Waals surface area contributed by atoms with Gasteiger partial charge >= 0.3 is 0 Å². The van der Waals surface area contributed by atoms with Crippen LogP contribution in [0.15, 0.2) is 76.7 Å². The highest BCUT2D eigenvalue weighted by atomic mass is 35.5. The topological polar surface area (TPSA) is 16.4 Å². The van der Waals surface area contributed by atoms with E-state index in [0.717, 1.165) is 53.9 Å². The van der Waals surface area contributed by atoms with Gasteiger partial charge in [-0.2, -0.15) is 4.57 Å². The summed E-state index contributed by atoms with van der Waals surface area (Å²) < 4.78 is 9.82. The van der Waals surface area contributed by atoms with Crippen molar-refractivity contribution in [3.63, 3.8) is 0 Å². The lowest BCUT2D eigenvalue weighted by Gasteiger charge is -2.15. The van der Waals surface area contributed by atoms with Gasteiger partial charge in [-0.25, -0.2) is 0 Å². The third-order valence-corrected chi connectivity index (χ3v) is 8.10. The summed E-state index contributed by atoms with van der Waals surface area (Å²) in [4.78, 5) is 2.21. The number of halogens is 1. The third-order valence-electron chi connectivity index (χ3n) is 6.49. The Morgan fingerprint density at radius 2 is 1.82 bits per heavy atom. The number of hydrogen-bond acceptors (Lipinski definition) is 3. The highest BCUT2D eigenvalue weighted by molar-refractivity contribution is 7.18. The van der Waals surface area contributed by atoms with Crippen molar-refractivity contribution in [2.75, 3.05) is 11.4 Å². The van der Waals surface area contributed by atoms with Crippen LogP contribution in [0.3, 0.4) is 0 Å². The molecule has 2 heterocycles. The maximum Gasteiger partial charge on any atom is 0.262 e. The monoisotopic (exact) mass is 489 g/mol. The first kappa shape index (κ1) is 22.9. The van der Waals surface area contributed by atoms with E-state index in [1.54, 1.807) is 0 Å². The second kappa shape index (κ2) is 9.44. The molecular weight excluding hydrogens is 460 g/mol. The van der Waals surface area contributed by atoms with Crippen LogP contribution in [-0.4, -0.2) is 6.54 Å². The number of ether oxygens (including phenoxy) is 1. The van der Waals surface area contributed by atoms with Crippen molar-refractivity contribution in [2.45, 2.75) is 47.1 Å². The van der Waals surface area contributed by atoms with Gasteiger partial charge in [-0.05, 0) is 87.1 Å². The molecular formula is C29H30ClN2OS+. The van der Waals surface area contributed by atoms with Crippen LogP contribution in [0, 0.1) is 13.8 Å². The highest BCUT2D eigenvalue weighted by Gasteiger charge is 2.25. The molecule has 0 saturated heterocycles. The predicted octanol–water partition coefficient (Wildman–Crippen LogP) is 7.81. The number of aryl methyl sites for hydroxylation is 3. The fourth-order valence-electron chi connectivity index (χ4n) is 4.67. The molecule has 174 valence electrons. The Labute approximate surface area is 210 Å². The summed E-state index contributed by atoms with van der Waals surface area (Å²) in [6.45, 7) is 10.4. The summed E-state index contributed by atoms with van der Waals surface area (Å²) in [5.41, 5.74) is 7.32. The van der Waals surface area contributed by atoms with E-state index in [1.807, 2.05) is 17.4 Å². The Hall–Kier alpha value is -2.82. The van der Waals surface area contributed by atoms with Crippen molar-refractivity contribution in [3.8, 4) is 5.75 Å². The summed E-state index contributed by atoms with van der Waals surface area (Å²) in [6.07, 6.45) is 10.5. The minimum atomic E-state index is 0.855. The van der Waals surface area contributed by atoms with Gasteiger partial charge in [0, 0.05) is 23.7 Å². The number of hydrogen-bond donors (Lipinski definition) is 0. The summed E-state index contributed by atoms with van der Waals surface area (Å²) in [5.74, 6) is 1.77. The van der Waals surface area contributed by atoms with Crippen molar-refractivity contribution < 1.29 is 9.30 Å². The molecule has 0 amide bonds. The summed E-state index contributed by atoms with van der Waals surface area (Å²) in [6, 6.07) is 13.0. The smallest absolute Gasteiger partial charge is 0.262 e. The van der Waals surface area contributed by atoms with Crippen molar-refractivity contribution >= 4 is 44.9 Å². The SMILES string of the molecule is CCN1/C(=C/C=C2\CCC(/C=C/c3sc4ccc(C)cc4[n+]3CC)=C2Cl)Oc2ccc(C)cc21. The van der Waals surface area contributed by atoms with Gasteiger partial charge in [-0.3, -0.25) is 0 Å². The van der Waals surface area contributed by atoms with Gasteiger partial charge in [-0.1, -0.05) is 47.2 Å². The Morgan fingerprint density at radius 1 is 1.03 bits per heavy atom. The molecule has 0 N–H and O–H groups in total. The Balaban J connectivity index is 1.40. The van der Waals surface area contributed by atoms with Gasteiger partial charge in [0.15, 0.2) is 5.75 Å². The molecule has 3 aromatic rings. The number of anilines is 1. The number of thiazole rings is 1. The summed E-state index contributed by atoms with van der Waals surface area (Å²) in [7, 11) is 0. The average Bonchev–Trinajstić information content (AvgIpc) is 3.47. The lowest BCUT2D eigenvalue weighted by Crippen LogP contribution is -2.33. The quantitative estimate of drug-likeness (QED) is 0.340. The van der Waals surface area contributed by atoms with Gasteiger partial charge in [0.2, 0.25) is 11.4 Å². The Kier molecular flexibility index (Phi) is 6.37. The molecule has 2 aromatic carbocycles.